The van der Waals surface area contributed by atoms with Gasteiger partial charge in [0, 0.05) is 21.1 Å². The van der Waals surface area contributed by atoms with Crippen LogP contribution < -0.4 is 10.1 Å². The Hall–Kier alpha value is -2.88. The van der Waals surface area contributed by atoms with Gasteiger partial charge in [0.15, 0.2) is 0 Å². The van der Waals surface area contributed by atoms with Crippen LogP contribution in [0.5, 0.6) is 5.75 Å². The Morgan fingerprint density at radius 3 is 2.41 bits per heavy atom. The Kier molecular flexibility index (Phi) is 9.09. The van der Waals surface area contributed by atoms with E-state index in [0.717, 1.165) is 27.4 Å². The summed E-state index contributed by atoms with van der Waals surface area (Å²) in [7, 11) is 0. The average molecular weight is 554 g/mol. The molecule has 1 amide bonds. The Bertz CT molecular complexity index is 1120. The first-order valence-electron chi connectivity index (χ1n) is 10.2. The Labute approximate surface area is 205 Å². The van der Waals surface area contributed by atoms with Gasteiger partial charge in [-0.15, -0.1) is 0 Å². The Morgan fingerprint density at radius 2 is 1.69 bits per heavy atom. The summed E-state index contributed by atoms with van der Waals surface area (Å²) in [6, 6.07) is 25.5. The summed E-state index contributed by atoms with van der Waals surface area (Å²) in [5.74, 6) is 0.208. The Balaban J connectivity index is 1.64. The highest BCUT2D eigenvalue weighted by atomic mass is 79.9. The lowest BCUT2D eigenvalue weighted by atomic mass is 10.1. The highest BCUT2D eigenvalue weighted by Gasteiger charge is 2.11. The molecule has 3 aromatic carbocycles. The number of nitriles is 1. The van der Waals surface area contributed by atoms with Crippen LogP contribution in [0.15, 0.2) is 87.3 Å². The van der Waals surface area contributed by atoms with Crippen LogP contribution in [0.4, 0.5) is 0 Å². The predicted octanol–water partition coefficient (Wildman–Crippen LogP) is 6.45. The summed E-state index contributed by atoms with van der Waals surface area (Å²) in [6.45, 7) is 0.876. The van der Waals surface area contributed by atoms with Crippen LogP contribution in [0.3, 0.4) is 0 Å². The lowest BCUT2D eigenvalue weighted by Crippen LogP contribution is -2.25. The van der Waals surface area contributed by atoms with Gasteiger partial charge in [-0.1, -0.05) is 74.3 Å². The van der Waals surface area contributed by atoms with Crippen molar-refractivity contribution in [2.75, 3.05) is 6.54 Å². The third-order valence-corrected chi connectivity index (χ3v) is 5.74. The highest BCUT2D eigenvalue weighted by molar-refractivity contribution is 9.10. The van der Waals surface area contributed by atoms with E-state index in [4.69, 9.17) is 4.74 Å². The SMILES string of the molecule is N#C/C(=C/c1cc(Br)ccc1OCc1ccc(Br)cc1)C(=O)NCCCc1ccccc1. The molecule has 0 unspecified atom stereocenters. The highest BCUT2D eigenvalue weighted by Crippen LogP contribution is 2.26. The third kappa shape index (κ3) is 7.37. The van der Waals surface area contributed by atoms with E-state index in [0.29, 0.717) is 24.5 Å². The summed E-state index contributed by atoms with van der Waals surface area (Å²) in [5.41, 5.74) is 2.94. The van der Waals surface area contributed by atoms with Crippen LogP contribution in [-0.2, 0) is 17.8 Å². The zero-order valence-corrected chi connectivity index (χ0v) is 20.5. The molecule has 0 aliphatic rings. The average Bonchev–Trinajstić information content (AvgIpc) is 2.81. The summed E-state index contributed by atoms with van der Waals surface area (Å²) in [5, 5.41) is 12.4. The lowest BCUT2D eigenvalue weighted by Gasteiger charge is -2.11. The van der Waals surface area contributed by atoms with E-state index in [1.807, 2.05) is 66.7 Å². The number of hydrogen-bond donors (Lipinski definition) is 1. The molecule has 0 saturated carbocycles. The molecule has 162 valence electrons. The monoisotopic (exact) mass is 552 g/mol. The van der Waals surface area contributed by atoms with E-state index in [2.05, 4.69) is 49.3 Å². The first-order chi connectivity index (χ1) is 15.5. The molecule has 0 atom stereocenters. The van der Waals surface area contributed by atoms with Gasteiger partial charge < -0.3 is 10.1 Å². The largest absolute Gasteiger partial charge is 0.488 e. The first kappa shape index (κ1) is 23.8. The fraction of sp³-hybridized carbons (Fsp3) is 0.154. The van der Waals surface area contributed by atoms with Gasteiger partial charge in [0.2, 0.25) is 0 Å². The van der Waals surface area contributed by atoms with Crippen molar-refractivity contribution in [1.29, 1.82) is 5.26 Å². The molecule has 1 N–H and O–H groups in total. The van der Waals surface area contributed by atoms with E-state index in [9.17, 15) is 10.1 Å². The maximum atomic E-state index is 12.5. The number of rotatable bonds is 9. The van der Waals surface area contributed by atoms with Crippen molar-refractivity contribution in [3.63, 3.8) is 0 Å². The number of hydrogen-bond acceptors (Lipinski definition) is 3. The molecule has 0 fully saturated rings. The summed E-state index contributed by atoms with van der Waals surface area (Å²) >= 11 is 6.87. The van der Waals surface area contributed by atoms with Gasteiger partial charge in [0.05, 0.1) is 0 Å². The first-order valence-corrected chi connectivity index (χ1v) is 11.7. The molecule has 6 heteroatoms. The Morgan fingerprint density at radius 1 is 0.969 bits per heavy atom. The smallest absolute Gasteiger partial charge is 0.261 e. The number of ether oxygens (including phenoxy) is 1. The topological polar surface area (TPSA) is 62.1 Å². The number of halogens is 2. The van der Waals surface area contributed by atoms with Gasteiger partial charge in [0.25, 0.3) is 5.91 Å². The number of carbonyl (C=O) groups excluding carboxylic acids is 1. The fourth-order valence-electron chi connectivity index (χ4n) is 3.04. The predicted molar refractivity (Wildman–Crippen MR) is 134 cm³/mol. The normalized spacial score (nSPS) is 11.0. The second-order valence-electron chi connectivity index (χ2n) is 7.11. The van der Waals surface area contributed by atoms with Crippen LogP contribution in [0.2, 0.25) is 0 Å². The molecule has 0 saturated heterocycles. The second-order valence-corrected chi connectivity index (χ2v) is 8.94. The molecule has 3 aromatic rings. The molecule has 0 aliphatic carbocycles. The van der Waals surface area contributed by atoms with Crippen molar-refractivity contribution < 1.29 is 9.53 Å². The summed E-state index contributed by atoms with van der Waals surface area (Å²) in [6.07, 6.45) is 3.23. The van der Waals surface area contributed by atoms with Crippen molar-refractivity contribution in [2.45, 2.75) is 19.4 Å². The van der Waals surface area contributed by atoms with Crippen molar-refractivity contribution in [1.82, 2.24) is 5.32 Å². The maximum absolute atomic E-state index is 12.5. The van der Waals surface area contributed by atoms with Crippen LogP contribution in [0.1, 0.15) is 23.1 Å². The van der Waals surface area contributed by atoms with E-state index in [-0.39, 0.29) is 11.5 Å². The fourth-order valence-corrected chi connectivity index (χ4v) is 3.69. The van der Waals surface area contributed by atoms with Crippen LogP contribution in [-0.4, -0.2) is 12.5 Å². The van der Waals surface area contributed by atoms with Gasteiger partial charge in [-0.05, 0) is 60.4 Å². The molecular formula is C26H22Br2N2O2. The number of amides is 1. The zero-order valence-electron chi connectivity index (χ0n) is 17.4. The quantitative estimate of drug-likeness (QED) is 0.188. The van der Waals surface area contributed by atoms with Crippen molar-refractivity contribution in [3.8, 4) is 11.8 Å². The number of carbonyl (C=O) groups is 1. The van der Waals surface area contributed by atoms with E-state index < -0.39 is 0 Å². The molecular weight excluding hydrogens is 532 g/mol. The van der Waals surface area contributed by atoms with Gasteiger partial charge in [-0.3, -0.25) is 4.79 Å². The molecule has 0 heterocycles. The van der Waals surface area contributed by atoms with Crippen LogP contribution >= 0.6 is 31.9 Å². The van der Waals surface area contributed by atoms with E-state index in [1.54, 1.807) is 6.08 Å². The molecule has 32 heavy (non-hydrogen) atoms. The minimum Gasteiger partial charge on any atom is -0.488 e. The van der Waals surface area contributed by atoms with Crippen molar-refractivity contribution in [2.24, 2.45) is 0 Å². The minimum atomic E-state index is -0.389. The van der Waals surface area contributed by atoms with E-state index in [1.165, 1.54) is 5.56 Å². The number of benzene rings is 3. The zero-order chi connectivity index (χ0) is 22.8. The second kappa shape index (κ2) is 12.2. The summed E-state index contributed by atoms with van der Waals surface area (Å²) in [4.78, 5) is 12.5. The van der Waals surface area contributed by atoms with Crippen molar-refractivity contribution in [3.05, 3.63) is 104 Å². The van der Waals surface area contributed by atoms with Crippen molar-refractivity contribution >= 4 is 43.8 Å². The van der Waals surface area contributed by atoms with Crippen LogP contribution in [0.25, 0.3) is 6.08 Å². The molecule has 0 bridgehead atoms. The number of aryl methyl sites for hydroxylation is 1. The molecule has 0 radical (unpaired) electrons. The molecule has 4 nitrogen and oxygen atoms in total. The maximum Gasteiger partial charge on any atom is 0.261 e. The third-order valence-electron chi connectivity index (χ3n) is 4.71. The molecule has 0 aromatic heterocycles. The molecule has 0 spiro atoms. The summed E-state index contributed by atoms with van der Waals surface area (Å²) < 4.78 is 7.80. The van der Waals surface area contributed by atoms with E-state index >= 15 is 0 Å². The number of nitrogens with zero attached hydrogens (tertiary/aromatic N) is 1. The van der Waals surface area contributed by atoms with Gasteiger partial charge >= 0.3 is 0 Å². The standard InChI is InChI=1S/C26H22Br2N2O2/c27-23-10-8-20(9-11-23)18-32-25-13-12-24(28)16-21(25)15-22(17-29)26(31)30-14-4-7-19-5-2-1-3-6-19/h1-3,5-6,8-13,15-16H,4,7,14,18H2,(H,30,31)/b22-15-. The number of nitrogens with one attached hydrogen (secondary N) is 1. The van der Waals surface area contributed by atoms with Gasteiger partial charge in [-0.2, -0.15) is 5.26 Å². The molecule has 3 rings (SSSR count). The van der Waals surface area contributed by atoms with Crippen LogP contribution in [0, 0.1) is 11.3 Å². The van der Waals surface area contributed by atoms with Gasteiger partial charge in [0.1, 0.15) is 24.0 Å². The lowest BCUT2D eigenvalue weighted by molar-refractivity contribution is -0.117. The van der Waals surface area contributed by atoms with Gasteiger partial charge in [-0.25, -0.2) is 0 Å². The minimum absolute atomic E-state index is 0.0382. The molecule has 0 aliphatic heterocycles.